The van der Waals surface area contributed by atoms with Gasteiger partial charge in [-0.1, -0.05) is 72.3 Å². The molecule has 4 rings (SSSR count). The number of para-hydroxylation sites is 1. The van der Waals surface area contributed by atoms with Crippen LogP contribution < -0.4 is 5.43 Å². The van der Waals surface area contributed by atoms with E-state index in [1.807, 2.05) is 86.6 Å². The minimum absolute atomic E-state index is 0.308. The van der Waals surface area contributed by atoms with E-state index in [1.165, 1.54) is 5.56 Å². The van der Waals surface area contributed by atoms with Crippen LogP contribution in [0.15, 0.2) is 90.2 Å². The van der Waals surface area contributed by atoms with Crippen LogP contribution in [-0.2, 0) is 0 Å². The molecule has 0 saturated carbocycles. The highest BCUT2D eigenvalue weighted by Gasteiger charge is 2.18. The maximum Gasteiger partial charge on any atom is 0.275 e. The Bertz CT molecular complexity index is 1190. The Labute approximate surface area is 175 Å². The second kappa shape index (κ2) is 8.57. The number of nitrogens with one attached hydrogen (secondary N) is 1. The Hall–Kier alpha value is -3.99. The highest BCUT2D eigenvalue weighted by Crippen LogP contribution is 2.23. The molecule has 0 atom stereocenters. The Morgan fingerprint density at radius 3 is 2.37 bits per heavy atom. The maximum absolute atomic E-state index is 12.9. The van der Waals surface area contributed by atoms with Gasteiger partial charge in [0.05, 0.1) is 17.5 Å². The summed E-state index contributed by atoms with van der Waals surface area (Å²) in [6.45, 7) is 4.07. The normalized spacial score (nSPS) is 11.0. The molecule has 0 spiro atoms. The van der Waals surface area contributed by atoms with Crippen molar-refractivity contribution in [3.8, 4) is 16.9 Å². The first kappa shape index (κ1) is 19.3. The molecule has 1 heterocycles. The molecular weight excluding hydrogens is 372 g/mol. The minimum atomic E-state index is -0.308. The number of amides is 1. The lowest BCUT2D eigenvalue weighted by atomic mass is 10.1. The van der Waals surface area contributed by atoms with E-state index in [1.54, 1.807) is 17.1 Å². The van der Waals surface area contributed by atoms with Gasteiger partial charge >= 0.3 is 0 Å². The van der Waals surface area contributed by atoms with E-state index in [-0.39, 0.29) is 5.91 Å². The van der Waals surface area contributed by atoms with E-state index in [2.05, 4.69) is 21.7 Å². The van der Waals surface area contributed by atoms with Crippen molar-refractivity contribution in [2.45, 2.75) is 13.8 Å². The van der Waals surface area contributed by atoms with Crippen LogP contribution in [0, 0.1) is 13.8 Å². The summed E-state index contributed by atoms with van der Waals surface area (Å²) in [6, 6.07) is 25.5. The molecule has 0 saturated heterocycles. The Morgan fingerprint density at radius 2 is 1.67 bits per heavy atom. The molecule has 148 valence electrons. The molecule has 0 radical (unpaired) electrons. The molecule has 0 aliphatic rings. The largest absolute Gasteiger partial charge is 0.275 e. The van der Waals surface area contributed by atoms with Gasteiger partial charge in [-0.15, -0.1) is 0 Å². The van der Waals surface area contributed by atoms with Crippen LogP contribution in [0.1, 0.15) is 27.0 Å². The molecule has 30 heavy (non-hydrogen) atoms. The molecule has 5 nitrogen and oxygen atoms in total. The van der Waals surface area contributed by atoms with Crippen LogP contribution in [0.3, 0.4) is 0 Å². The number of aryl methyl sites for hydroxylation is 2. The molecule has 0 unspecified atom stereocenters. The number of carbonyl (C=O) groups is 1. The SMILES string of the molecule is Cc1ccc(C=NNC(=O)c2cn(-c3ccccc3)nc2-c2ccccc2)c(C)c1. The van der Waals surface area contributed by atoms with Crippen LogP contribution in [0.5, 0.6) is 0 Å². The van der Waals surface area contributed by atoms with Crippen molar-refractivity contribution in [3.05, 3.63) is 107 Å². The number of carbonyl (C=O) groups excluding carboxylic acids is 1. The van der Waals surface area contributed by atoms with Crippen LogP contribution in [-0.4, -0.2) is 21.9 Å². The lowest BCUT2D eigenvalue weighted by Crippen LogP contribution is -2.18. The van der Waals surface area contributed by atoms with E-state index < -0.39 is 0 Å². The summed E-state index contributed by atoms with van der Waals surface area (Å²) in [5.41, 5.74) is 8.72. The van der Waals surface area contributed by atoms with Crippen LogP contribution in [0.25, 0.3) is 16.9 Å². The zero-order valence-electron chi connectivity index (χ0n) is 16.9. The van der Waals surface area contributed by atoms with Gasteiger partial charge in [-0.05, 0) is 37.1 Å². The lowest BCUT2D eigenvalue weighted by Gasteiger charge is -2.03. The van der Waals surface area contributed by atoms with Gasteiger partial charge in [-0.3, -0.25) is 4.79 Å². The van der Waals surface area contributed by atoms with E-state index in [4.69, 9.17) is 0 Å². The van der Waals surface area contributed by atoms with Crippen LogP contribution >= 0.6 is 0 Å². The van der Waals surface area contributed by atoms with Crippen molar-refractivity contribution < 1.29 is 4.79 Å². The van der Waals surface area contributed by atoms with Gasteiger partial charge < -0.3 is 0 Å². The molecule has 3 aromatic carbocycles. The molecule has 5 heteroatoms. The molecule has 1 aromatic heterocycles. The van der Waals surface area contributed by atoms with E-state index >= 15 is 0 Å². The standard InChI is InChI=1S/C25H22N4O/c1-18-13-14-21(19(2)15-18)16-26-27-25(30)23-17-29(22-11-7-4-8-12-22)28-24(23)20-9-5-3-6-10-20/h3-17H,1-2H3,(H,27,30). The summed E-state index contributed by atoms with van der Waals surface area (Å²) >= 11 is 0. The Kier molecular flexibility index (Phi) is 5.52. The number of nitrogens with zero attached hydrogens (tertiary/aromatic N) is 3. The summed E-state index contributed by atoms with van der Waals surface area (Å²) in [5.74, 6) is -0.308. The fourth-order valence-electron chi connectivity index (χ4n) is 3.25. The average Bonchev–Trinajstić information content (AvgIpc) is 3.22. The number of aromatic nitrogens is 2. The lowest BCUT2D eigenvalue weighted by molar-refractivity contribution is 0.0955. The van der Waals surface area contributed by atoms with Crippen LogP contribution in [0.4, 0.5) is 0 Å². The summed E-state index contributed by atoms with van der Waals surface area (Å²) in [5, 5.41) is 8.83. The third-order valence-corrected chi connectivity index (χ3v) is 4.82. The molecule has 0 aliphatic carbocycles. The maximum atomic E-state index is 12.9. The number of hydrogen-bond donors (Lipinski definition) is 1. The smallest absolute Gasteiger partial charge is 0.267 e. The number of hydrogen-bond acceptors (Lipinski definition) is 3. The zero-order chi connectivity index (χ0) is 20.9. The molecule has 0 aliphatic heterocycles. The van der Waals surface area contributed by atoms with Crippen molar-refractivity contribution in [2.24, 2.45) is 5.10 Å². The number of rotatable bonds is 5. The molecular formula is C25H22N4O. The van der Waals surface area contributed by atoms with Gasteiger partial charge in [0.15, 0.2) is 0 Å². The number of hydrazone groups is 1. The van der Waals surface area contributed by atoms with Gasteiger partial charge in [0.2, 0.25) is 0 Å². The van der Waals surface area contributed by atoms with E-state index in [0.29, 0.717) is 11.3 Å². The minimum Gasteiger partial charge on any atom is -0.267 e. The van der Waals surface area contributed by atoms with Gasteiger partial charge in [-0.2, -0.15) is 10.2 Å². The van der Waals surface area contributed by atoms with Gasteiger partial charge in [0, 0.05) is 11.8 Å². The van der Waals surface area contributed by atoms with E-state index in [0.717, 1.165) is 22.4 Å². The summed E-state index contributed by atoms with van der Waals surface area (Å²) in [4.78, 5) is 12.9. The average molecular weight is 394 g/mol. The van der Waals surface area contributed by atoms with Crippen LogP contribution in [0.2, 0.25) is 0 Å². The Balaban J connectivity index is 1.64. The van der Waals surface area contributed by atoms with Gasteiger partial charge in [0.1, 0.15) is 5.69 Å². The third-order valence-electron chi connectivity index (χ3n) is 4.82. The zero-order valence-corrected chi connectivity index (χ0v) is 16.9. The second-order valence-electron chi connectivity index (χ2n) is 7.10. The topological polar surface area (TPSA) is 59.3 Å². The second-order valence-corrected chi connectivity index (χ2v) is 7.10. The first-order chi connectivity index (χ1) is 14.6. The van der Waals surface area contributed by atoms with Gasteiger partial charge in [0.25, 0.3) is 5.91 Å². The first-order valence-electron chi connectivity index (χ1n) is 9.73. The van der Waals surface area contributed by atoms with Crippen molar-refractivity contribution >= 4 is 12.1 Å². The quantitative estimate of drug-likeness (QED) is 0.386. The van der Waals surface area contributed by atoms with Crippen molar-refractivity contribution in [2.75, 3.05) is 0 Å². The number of benzene rings is 3. The third kappa shape index (κ3) is 4.20. The summed E-state index contributed by atoms with van der Waals surface area (Å²) < 4.78 is 1.71. The molecule has 0 bridgehead atoms. The highest BCUT2D eigenvalue weighted by atomic mass is 16.2. The Morgan fingerprint density at radius 1 is 0.967 bits per heavy atom. The molecule has 1 N–H and O–H groups in total. The molecule has 1 amide bonds. The van der Waals surface area contributed by atoms with Crippen molar-refractivity contribution in [3.63, 3.8) is 0 Å². The fourth-order valence-corrected chi connectivity index (χ4v) is 3.25. The predicted octanol–water partition coefficient (Wildman–Crippen LogP) is 4.92. The van der Waals surface area contributed by atoms with Gasteiger partial charge in [-0.25, -0.2) is 10.1 Å². The van der Waals surface area contributed by atoms with Crippen molar-refractivity contribution in [1.29, 1.82) is 0 Å². The highest BCUT2D eigenvalue weighted by molar-refractivity contribution is 6.00. The summed E-state index contributed by atoms with van der Waals surface area (Å²) in [7, 11) is 0. The predicted molar refractivity (Wildman–Crippen MR) is 120 cm³/mol. The molecule has 4 aromatic rings. The molecule has 0 fully saturated rings. The fraction of sp³-hybridized carbons (Fsp3) is 0.0800. The van der Waals surface area contributed by atoms with Crippen molar-refractivity contribution in [1.82, 2.24) is 15.2 Å². The van der Waals surface area contributed by atoms with E-state index in [9.17, 15) is 4.79 Å². The summed E-state index contributed by atoms with van der Waals surface area (Å²) in [6.07, 6.45) is 3.40. The first-order valence-corrected chi connectivity index (χ1v) is 9.73. The monoisotopic (exact) mass is 394 g/mol.